The van der Waals surface area contributed by atoms with Crippen LogP contribution in [0.2, 0.25) is 0 Å². The Morgan fingerprint density at radius 2 is 1.73 bits per heavy atom. The molecule has 0 aliphatic rings. The highest BCUT2D eigenvalue weighted by molar-refractivity contribution is 5.96. The summed E-state index contributed by atoms with van der Waals surface area (Å²) < 4.78 is 20.6. The molecular weight excluding hydrogens is 430 g/mol. The number of amides is 1. The monoisotopic (exact) mass is 453 g/mol. The fourth-order valence-electron chi connectivity index (χ4n) is 3.00. The second-order valence-corrected chi connectivity index (χ2v) is 6.90. The lowest BCUT2D eigenvalue weighted by atomic mass is 10.1. The zero-order valence-corrected chi connectivity index (χ0v) is 18.2. The molecule has 9 nitrogen and oxygen atoms in total. The van der Waals surface area contributed by atoms with E-state index in [9.17, 15) is 19.2 Å². The highest BCUT2D eigenvalue weighted by Gasteiger charge is 2.12. The van der Waals surface area contributed by atoms with Crippen molar-refractivity contribution < 1.29 is 33.0 Å². The smallest absolute Gasteiger partial charge is 0.411 e. The minimum atomic E-state index is -0.634. The molecule has 3 rings (SSSR count). The summed E-state index contributed by atoms with van der Waals surface area (Å²) in [4.78, 5) is 47.3. The first-order chi connectivity index (χ1) is 15.9. The number of hydrogen-bond acceptors (Lipinski definition) is 8. The maximum atomic E-state index is 12.1. The molecule has 1 aromatic heterocycles. The Hall–Kier alpha value is -4.14. The number of ketones is 1. The third-order valence-electron chi connectivity index (χ3n) is 4.59. The molecule has 0 aliphatic carbocycles. The van der Waals surface area contributed by atoms with Crippen LogP contribution in [0.5, 0.6) is 5.75 Å². The number of rotatable bonds is 9. The van der Waals surface area contributed by atoms with Crippen molar-refractivity contribution in [2.75, 3.05) is 18.5 Å². The van der Waals surface area contributed by atoms with Gasteiger partial charge in [-0.05, 0) is 43.3 Å². The van der Waals surface area contributed by atoms with Crippen LogP contribution < -0.4 is 15.7 Å². The van der Waals surface area contributed by atoms with Crippen LogP contribution in [0.15, 0.2) is 57.7 Å². The lowest BCUT2D eigenvalue weighted by Crippen LogP contribution is -2.15. The number of fused-ring (bicyclic) bond motifs is 1. The van der Waals surface area contributed by atoms with Crippen LogP contribution in [0.4, 0.5) is 10.5 Å². The van der Waals surface area contributed by atoms with E-state index in [1.165, 1.54) is 12.1 Å². The van der Waals surface area contributed by atoms with Gasteiger partial charge in [-0.1, -0.05) is 6.92 Å². The summed E-state index contributed by atoms with van der Waals surface area (Å²) in [5, 5.41) is 3.08. The molecule has 2 aromatic carbocycles. The van der Waals surface area contributed by atoms with Crippen LogP contribution >= 0.6 is 0 Å². The molecule has 1 N–H and O–H groups in total. The van der Waals surface area contributed by atoms with E-state index in [4.69, 9.17) is 18.6 Å². The Balaban J connectivity index is 1.61. The number of ether oxygens (including phenoxy) is 3. The first kappa shape index (κ1) is 23.5. The second kappa shape index (κ2) is 10.9. The lowest BCUT2D eigenvalue weighted by molar-refractivity contribution is -0.147. The van der Waals surface area contributed by atoms with Gasteiger partial charge in [0, 0.05) is 40.8 Å². The number of carbonyl (C=O) groups excluding carboxylic acids is 3. The number of hydrogen-bond donors (Lipinski definition) is 1. The van der Waals surface area contributed by atoms with Gasteiger partial charge in [0.25, 0.3) is 0 Å². The van der Waals surface area contributed by atoms with Crippen LogP contribution in [0, 0.1) is 0 Å². The Morgan fingerprint density at radius 3 is 2.42 bits per heavy atom. The molecule has 1 heterocycles. The second-order valence-electron chi connectivity index (χ2n) is 6.90. The van der Waals surface area contributed by atoms with E-state index in [2.05, 4.69) is 5.32 Å². The van der Waals surface area contributed by atoms with Crippen LogP contribution in [0.3, 0.4) is 0 Å². The minimum Gasteiger partial charge on any atom is -0.482 e. The Kier molecular flexibility index (Phi) is 7.80. The Bertz CT molecular complexity index is 1210. The third-order valence-corrected chi connectivity index (χ3v) is 4.59. The number of esters is 1. The van der Waals surface area contributed by atoms with Crippen molar-refractivity contribution in [2.45, 2.75) is 26.9 Å². The van der Waals surface area contributed by atoms with Crippen molar-refractivity contribution >= 4 is 34.5 Å². The highest BCUT2D eigenvalue weighted by Crippen LogP contribution is 2.22. The standard InChI is InChI=1S/C24H23NO8/c1-3-20(26)15-5-8-18(9-6-15)31-14-23(28)32-13-16-11-22(27)33-21-12-17(7-10-19(16)21)25-24(29)30-4-2/h5-12H,3-4,13-14H2,1-2H3,(H,25,29). The maximum absolute atomic E-state index is 12.1. The largest absolute Gasteiger partial charge is 0.482 e. The molecule has 0 aliphatic heterocycles. The van der Waals surface area contributed by atoms with Crippen LogP contribution in [0.25, 0.3) is 11.0 Å². The van der Waals surface area contributed by atoms with E-state index < -0.39 is 17.7 Å². The molecule has 0 atom stereocenters. The minimum absolute atomic E-state index is 0.0179. The molecule has 3 aromatic rings. The molecule has 0 radical (unpaired) electrons. The van der Waals surface area contributed by atoms with E-state index in [0.717, 1.165) is 0 Å². The first-order valence-corrected chi connectivity index (χ1v) is 10.3. The van der Waals surface area contributed by atoms with E-state index in [1.807, 2.05) is 0 Å². The number of anilines is 1. The zero-order chi connectivity index (χ0) is 23.8. The van der Waals surface area contributed by atoms with Gasteiger partial charge in [-0.15, -0.1) is 0 Å². The molecule has 0 saturated carbocycles. The van der Waals surface area contributed by atoms with Gasteiger partial charge in [0.2, 0.25) is 0 Å². The van der Waals surface area contributed by atoms with E-state index in [1.54, 1.807) is 50.2 Å². The molecule has 1 amide bonds. The first-order valence-electron chi connectivity index (χ1n) is 10.3. The predicted molar refractivity (Wildman–Crippen MR) is 119 cm³/mol. The quantitative estimate of drug-likeness (QED) is 0.292. The summed E-state index contributed by atoms with van der Waals surface area (Å²) in [5.74, 6) is -0.193. The molecule has 172 valence electrons. The molecule has 0 fully saturated rings. The van der Waals surface area contributed by atoms with Gasteiger partial charge in [0.1, 0.15) is 17.9 Å². The van der Waals surface area contributed by atoms with Crippen molar-refractivity contribution in [3.8, 4) is 5.75 Å². The molecule has 33 heavy (non-hydrogen) atoms. The van der Waals surface area contributed by atoms with Crippen molar-refractivity contribution in [3.05, 3.63) is 70.1 Å². The highest BCUT2D eigenvalue weighted by atomic mass is 16.6. The number of Topliss-reactive ketones (excluding diaryl/α,β-unsaturated/α-hetero) is 1. The molecule has 0 bridgehead atoms. The van der Waals surface area contributed by atoms with Crippen molar-refractivity contribution in [1.29, 1.82) is 0 Å². The molecule has 0 unspecified atom stereocenters. The van der Waals surface area contributed by atoms with Gasteiger partial charge in [0.05, 0.1) is 6.61 Å². The normalized spacial score (nSPS) is 10.5. The Labute approximate surface area is 189 Å². The van der Waals surface area contributed by atoms with Crippen LogP contribution in [-0.4, -0.2) is 31.1 Å². The van der Waals surface area contributed by atoms with Gasteiger partial charge < -0.3 is 18.6 Å². The topological polar surface area (TPSA) is 121 Å². The summed E-state index contributed by atoms with van der Waals surface area (Å²) in [6.45, 7) is 3.18. The van der Waals surface area contributed by atoms with Crippen molar-refractivity contribution in [1.82, 2.24) is 0 Å². The zero-order valence-electron chi connectivity index (χ0n) is 18.2. The van der Waals surface area contributed by atoms with Gasteiger partial charge in [0.15, 0.2) is 12.4 Å². The molecule has 9 heteroatoms. The van der Waals surface area contributed by atoms with Gasteiger partial charge >= 0.3 is 17.7 Å². The van der Waals surface area contributed by atoms with E-state index in [0.29, 0.717) is 34.4 Å². The summed E-state index contributed by atoms with van der Waals surface area (Å²) in [7, 11) is 0. The van der Waals surface area contributed by atoms with Gasteiger partial charge in [-0.25, -0.2) is 14.4 Å². The average Bonchev–Trinajstić information content (AvgIpc) is 2.80. The molecular formula is C24H23NO8. The third kappa shape index (κ3) is 6.42. The lowest BCUT2D eigenvalue weighted by Gasteiger charge is -2.10. The van der Waals surface area contributed by atoms with Crippen molar-refractivity contribution in [2.24, 2.45) is 0 Å². The van der Waals surface area contributed by atoms with E-state index in [-0.39, 0.29) is 31.2 Å². The summed E-state index contributed by atoms with van der Waals surface area (Å²) in [6.07, 6.45) is -0.224. The number of nitrogens with one attached hydrogen (secondary N) is 1. The summed E-state index contributed by atoms with van der Waals surface area (Å²) in [5.41, 5.74) is 1.00. The fraction of sp³-hybridized carbons (Fsp3) is 0.250. The predicted octanol–water partition coefficient (Wildman–Crippen LogP) is 4.08. The molecule has 0 spiro atoms. The van der Waals surface area contributed by atoms with Crippen LogP contribution in [-0.2, 0) is 20.9 Å². The summed E-state index contributed by atoms with van der Waals surface area (Å²) in [6, 6.07) is 12.4. The van der Waals surface area contributed by atoms with E-state index >= 15 is 0 Å². The number of carbonyl (C=O) groups is 3. The average molecular weight is 453 g/mol. The van der Waals surface area contributed by atoms with Crippen LogP contribution in [0.1, 0.15) is 36.2 Å². The van der Waals surface area contributed by atoms with Gasteiger partial charge in [-0.2, -0.15) is 0 Å². The maximum Gasteiger partial charge on any atom is 0.411 e. The fourth-order valence-corrected chi connectivity index (χ4v) is 3.00. The SMILES string of the molecule is CCOC(=O)Nc1ccc2c(COC(=O)COc3ccc(C(=O)CC)cc3)cc(=O)oc2c1. The van der Waals surface area contributed by atoms with Gasteiger partial charge in [-0.3, -0.25) is 10.1 Å². The molecule has 0 saturated heterocycles. The van der Waals surface area contributed by atoms with Crippen molar-refractivity contribution in [3.63, 3.8) is 0 Å². The Morgan fingerprint density at radius 1 is 0.970 bits per heavy atom. The number of benzene rings is 2. The summed E-state index contributed by atoms with van der Waals surface area (Å²) >= 11 is 0.